The number of H-pyrrole nitrogens is 1. The first kappa shape index (κ1) is 17.4. The molecule has 7 nitrogen and oxygen atoms in total. The third kappa shape index (κ3) is 2.97. The molecule has 1 atom stereocenters. The number of carbonyl (C=O) groups excluding carboxylic acids is 2. The lowest BCUT2D eigenvalue weighted by atomic mass is 10.0. The van der Waals surface area contributed by atoms with E-state index >= 15 is 0 Å². The number of benzene rings is 1. The number of amides is 2. The van der Waals surface area contributed by atoms with E-state index in [1.807, 2.05) is 30.0 Å². The van der Waals surface area contributed by atoms with Gasteiger partial charge in [0, 0.05) is 41.3 Å². The van der Waals surface area contributed by atoms with Gasteiger partial charge in [0.15, 0.2) is 0 Å². The first-order valence-electron chi connectivity index (χ1n) is 9.46. The molecular weight excluding hydrogens is 374 g/mol. The summed E-state index contributed by atoms with van der Waals surface area (Å²) in [6.07, 6.45) is 5.81. The van der Waals surface area contributed by atoms with E-state index in [9.17, 15) is 9.59 Å². The highest BCUT2D eigenvalue weighted by Gasteiger charge is 2.56. The number of hydrogen-bond acceptors (Lipinski definition) is 5. The maximum Gasteiger partial charge on any atom is 0.251 e. The number of likely N-dealkylation sites (tertiary alicyclic amines) is 1. The molecule has 1 aliphatic carbocycles. The molecule has 0 radical (unpaired) electrons. The van der Waals surface area contributed by atoms with Crippen LogP contribution in [0.25, 0.3) is 10.1 Å². The zero-order chi connectivity index (χ0) is 19.3. The molecule has 1 unspecified atom stereocenters. The Labute approximate surface area is 166 Å². The number of hydrogen-bond donors (Lipinski definition) is 2. The van der Waals surface area contributed by atoms with E-state index in [1.54, 1.807) is 12.5 Å². The Morgan fingerprint density at radius 1 is 1.39 bits per heavy atom. The summed E-state index contributed by atoms with van der Waals surface area (Å²) in [6, 6.07) is 5.66. The van der Waals surface area contributed by atoms with Crippen LogP contribution in [-0.2, 0) is 11.2 Å². The van der Waals surface area contributed by atoms with E-state index in [2.05, 4.69) is 19.7 Å². The van der Waals surface area contributed by atoms with Crippen LogP contribution < -0.4 is 5.32 Å². The molecule has 2 aliphatic rings. The van der Waals surface area contributed by atoms with E-state index < -0.39 is 0 Å². The Hall–Kier alpha value is -2.74. The first-order valence-corrected chi connectivity index (χ1v) is 10.2. The maximum atomic E-state index is 12.8. The molecule has 2 aromatic heterocycles. The Morgan fingerprint density at radius 2 is 2.25 bits per heavy atom. The number of carbonyl (C=O) groups is 2. The van der Waals surface area contributed by atoms with Gasteiger partial charge < -0.3 is 15.2 Å². The third-order valence-corrected chi connectivity index (χ3v) is 6.85. The van der Waals surface area contributed by atoms with Crippen molar-refractivity contribution in [2.45, 2.75) is 32.2 Å². The largest absolute Gasteiger partial charge is 0.348 e. The van der Waals surface area contributed by atoms with Crippen LogP contribution in [0.5, 0.6) is 0 Å². The van der Waals surface area contributed by atoms with Crippen molar-refractivity contribution in [2.75, 3.05) is 13.1 Å². The van der Waals surface area contributed by atoms with Crippen molar-refractivity contribution < 1.29 is 9.59 Å². The van der Waals surface area contributed by atoms with Crippen molar-refractivity contribution in [3.05, 3.63) is 47.7 Å². The molecule has 3 heterocycles. The van der Waals surface area contributed by atoms with Crippen LogP contribution >= 0.6 is 11.5 Å². The highest BCUT2D eigenvalue weighted by atomic mass is 32.1. The fourth-order valence-electron chi connectivity index (χ4n) is 4.10. The molecule has 1 spiro atoms. The Morgan fingerprint density at radius 3 is 3.00 bits per heavy atom. The summed E-state index contributed by atoms with van der Waals surface area (Å²) in [6.45, 7) is 3.20. The zero-order valence-corrected chi connectivity index (χ0v) is 16.4. The SMILES string of the molecule is Cc1[nH]cnc1CC(=O)N1CC(NC(=O)c2ccc3sncc3c2)C2(CC2)C1. The number of fused-ring (bicyclic) bond motifs is 1. The predicted octanol–water partition coefficient (Wildman–Crippen LogP) is 2.29. The fourth-order valence-corrected chi connectivity index (χ4v) is 4.73. The Bertz CT molecular complexity index is 1070. The predicted molar refractivity (Wildman–Crippen MR) is 106 cm³/mol. The second kappa shape index (κ2) is 6.41. The lowest BCUT2D eigenvalue weighted by Gasteiger charge is -2.18. The molecule has 2 amide bonds. The van der Waals surface area contributed by atoms with Crippen molar-refractivity contribution in [1.82, 2.24) is 24.6 Å². The molecular formula is C20H21N5O2S. The van der Waals surface area contributed by atoms with Crippen molar-refractivity contribution in [1.29, 1.82) is 0 Å². The second-order valence-electron chi connectivity index (χ2n) is 7.89. The van der Waals surface area contributed by atoms with Gasteiger partial charge in [-0.25, -0.2) is 4.98 Å². The van der Waals surface area contributed by atoms with E-state index in [1.165, 1.54) is 11.5 Å². The van der Waals surface area contributed by atoms with Gasteiger partial charge in [-0.2, -0.15) is 4.37 Å². The monoisotopic (exact) mass is 395 g/mol. The number of rotatable bonds is 4. The van der Waals surface area contributed by atoms with Gasteiger partial charge in [-0.3, -0.25) is 9.59 Å². The smallest absolute Gasteiger partial charge is 0.251 e. The highest BCUT2D eigenvalue weighted by molar-refractivity contribution is 7.13. The fraction of sp³-hybridized carbons (Fsp3) is 0.400. The van der Waals surface area contributed by atoms with Gasteiger partial charge in [0.2, 0.25) is 5.91 Å². The van der Waals surface area contributed by atoms with E-state index in [0.29, 0.717) is 25.1 Å². The van der Waals surface area contributed by atoms with Crippen LogP contribution in [0.1, 0.15) is 34.6 Å². The molecule has 1 aliphatic heterocycles. The van der Waals surface area contributed by atoms with E-state index in [-0.39, 0.29) is 23.3 Å². The molecule has 0 bridgehead atoms. The Balaban J connectivity index is 1.28. The number of imidazole rings is 1. The van der Waals surface area contributed by atoms with Gasteiger partial charge in [-0.1, -0.05) is 0 Å². The second-order valence-corrected chi connectivity index (χ2v) is 8.73. The van der Waals surface area contributed by atoms with Crippen LogP contribution in [0.4, 0.5) is 0 Å². The molecule has 2 N–H and O–H groups in total. The summed E-state index contributed by atoms with van der Waals surface area (Å²) < 4.78 is 5.23. The molecule has 1 aromatic carbocycles. The highest BCUT2D eigenvalue weighted by Crippen LogP contribution is 2.53. The standard InChI is InChI=1S/C20H21N5O2S/c1-12-15(22-11-21-12)7-18(26)25-9-17(20(10-25)4-5-20)24-19(27)13-2-3-16-14(6-13)8-23-28-16/h2-3,6,8,11,17H,4-5,7,9-10H2,1H3,(H,21,22)(H,24,27). The average molecular weight is 395 g/mol. The molecule has 5 rings (SSSR count). The summed E-state index contributed by atoms with van der Waals surface area (Å²) in [5.74, 6) is -0.00851. The number of aromatic amines is 1. The molecule has 3 aromatic rings. The molecule has 1 saturated carbocycles. The number of aryl methyl sites for hydroxylation is 1. The summed E-state index contributed by atoms with van der Waals surface area (Å²) in [4.78, 5) is 34.7. The lowest BCUT2D eigenvalue weighted by Crippen LogP contribution is -2.42. The lowest BCUT2D eigenvalue weighted by molar-refractivity contribution is -0.129. The maximum absolute atomic E-state index is 12.8. The van der Waals surface area contributed by atoms with Crippen molar-refractivity contribution >= 4 is 33.4 Å². The van der Waals surface area contributed by atoms with Crippen molar-refractivity contribution in [2.24, 2.45) is 5.41 Å². The molecule has 1 saturated heterocycles. The molecule has 144 valence electrons. The van der Waals surface area contributed by atoms with Gasteiger partial charge in [0.05, 0.1) is 29.2 Å². The number of nitrogens with one attached hydrogen (secondary N) is 2. The van der Waals surface area contributed by atoms with Crippen molar-refractivity contribution in [3.63, 3.8) is 0 Å². The third-order valence-electron chi connectivity index (χ3n) is 6.07. The number of nitrogens with zero attached hydrogens (tertiary/aromatic N) is 3. The minimum absolute atomic E-state index is 0.000488. The van der Waals surface area contributed by atoms with Crippen molar-refractivity contribution in [3.8, 4) is 0 Å². The van der Waals surface area contributed by atoms with Crippen LogP contribution in [0.3, 0.4) is 0 Å². The first-order chi connectivity index (χ1) is 13.5. The zero-order valence-electron chi connectivity index (χ0n) is 15.6. The number of aromatic nitrogens is 3. The average Bonchev–Trinajstić information content (AvgIpc) is 3.00. The minimum Gasteiger partial charge on any atom is -0.348 e. The van der Waals surface area contributed by atoms with Crippen LogP contribution in [0.15, 0.2) is 30.7 Å². The minimum atomic E-state index is -0.0816. The summed E-state index contributed by atoms with van der Waals surface area (Å²) in [7, 11) is 0. The molecule has 28 heavy (non-hydrogen) atoms. The molecule has 8 heteroatoms. The van der Waals surface area contributed by atoms with Crippen LogP contribution in [0.2, 0.25) is 0 Å². The van der Waals surface area contributed by atoms with Gasteiger partial charge in [-0.15, -0.1) is 0 Å². The molecule has 2 fully saturated rings. The topological polar surface area (TPSA) is 91.0 Å². The van der Waals surface area contributed by atoms with Crippen LogP contribution in [0, 0.1) is 12.3 Å². The van der Waals surface area contributed by atoms with Gasteiger partial charge in [0.1, 0.15) is 0 Å². The van der Waals surface area contributed by atoms with E-state index in [0.717, 1.165) is 34.3 Å². The summed E-state index contributed by atoms with van der Waals surface area (Å²) >= 11 is 1.42. The quantitative estimate of drug-likeness (QED) is 0.709. The summed E-state index contributed by atoms with van der Waals surface area (Å²) in [5.41, 5.74) is 2.40. The normalized spacial score (nSPS) is 20.0. The van der Waals surface area contributed by atoms with Gasteiger partial charge in [-0.05, 0) is 49.5 Å². The van der Waals surface area contributed by atoms with Gasteiger partial charge >= 0.3 is 0 Å². The Kier molecular flexibility index (Phi) is 3.97. The van der Waals surface area contributed by atoms with E-state index in [4.69, 9.17) is 0 Å². The van der Waals surface area contributed by atoms with Gasteiger partial charge in [0.25, 0.3) is 5.91 Å². The summed E-state index contributed by atoms with van der Waals surface area (Å²) in [5, 5.41) is 4.17. The van der Waals surface area contributed by atoms with Crippen LogP contribution in [-0.4, -0.2) is 50.2 Å².